The molecule has 0 atom stereocenters. The molecule has 0 saturated carbocycles. The number of carboxylic acid groups (broad SMARTS) is 1. The van der Waals surface area contributed by atoms with Crippen LogP contribution in [0.15, 0.2) is 53.3 Å². The van der Waals surface area contributed by atoms with Crippen LogP contribution in [-0.4, -0.2) is 28.0 Å². The molecule has 0 unspecified atom stereocenters. The van der Waals surface area contributed by atoms with Crippen LogP contribution in [0.5, 0.6) is 5.75 Å². The average Bonchev–Trinajstić information content (AvgIpc) is 2.61. The zero-order valence-electron chi connectivity index (χ0n) is 13.1. The Kier molecular flexibility index (Phi) is 4.29. The van der Waals surface area contributed by atoms with Gasteiger partial charge >= 0.3 is 5.97 Å². The lowest BCUT2D eigenvalue weighted by atomic mass is 10.1. The second-order valence-electron chi connectivity index (χ2n) is 5.33. The normalized spacial score (nSPS) is 10.7. The van der Waals surface area contributed by atoms with E-state index in [2.05, 4.69) is 5.10 Å². The van der Waals surface area contributed by atoms with E-state index in [0.717, 1.165) is 11.3 Å². The fourth-order valence-corrected chi connectivity index (χ4v) is 2.57. The second-order valence-corrected chi connectivity index (χ2v) is 5.33. The summed E-state index contributed by atoms with van der Waals surface area (Å²) in [5.74, 6) is -0.391. The molecule has 1 N–H and O–H groups in total. The number of aromatic nitrogens is 2. The first-order valence-electron chi connectivity index (χ1n) is 7.46. The van der Waals surface area contributed by atoms with E-state index < -0.39 is 5.97 Å². The molecule has 6 heteroatoms. The molecule has 1 heterocycles. The van der Waals surface area contributed by atoms with Crippen molar-refractivity contribution in [3.8, 4) is 5.75 Å². The molecule has 0 aliphatic rings. The van der Waals surface area contributed by atoms with E-state index in [1.807, 2.05) is 24.3 Å². The molecule has 2 aromatic carbocycles. The van der Waals surface area contributed by atoms with Crippen LogP contribution in [0.25, 0.3) is 10.8 Å². The maximum atomic E-state index is 12.5. The third kappa shape index (κ3) is 2.99. The number of fused-ring (bicyclic) bond motifs is 1. The predicted molar refractivity (Wildman–Crippen MR) is 89.7 cm³/mol. The summed E-state index contributed by atoms with van der Waals surface area (Å²) >= 11 is 0. The Morgan fingerprint density at radius 1 is 1.12 bits per heavy atom. The molecule has 0 aliphatic carbocycles. The summed E-state index contributed by atoms with van der Waals surface area (Å²) in [7, 11) is 1.60. The van der Waals surface area contributed by atoms with E-state index in [9.17, 15) is 14.7 Å². The third-order valence-corrected chi connectivity index (χ3v) is 3.84. The number of hydrogen-bond donors (Lipinski definition) is 1. The van der Waals surface area contributed by atoms with Gasteiger partial charge in [0.2, 0.25) is 0 Å². The smallest absolute Gasteiger partial charge is 0.357 e. The molecule has 0 fully saturated rings. The molecule has 0 amide bonds. The highest BCUT2D eigenvalue weighted by molar-refractivity contribution is 6.01. The minimum absolute atomic E-state index is 0.111. The molecule has 6 nitrogen and oxygen atoms in total. The Bertz CT molecular complexity index is 945. The minimum atomic E-state index is -1.15. The Morgan fingerprint density at radius 2 is 1.79 bits per heavy atom. The van der Waals surface area contributed by atoms with Crippen LogP contribution in [0.2, 0.25) is 0 Å². The molecule has 1 aromatic heterocycles. The van der Waals surface area contributed by atoms with E-state index in [4.69, 9.17) is 4.74 Å². The average molecular weight is 324 g/mol. The van der Waals surface area contributed by atoms with Crippen molar-refractivity contribution in [1.29, 1.82) is 0 Å². The molecule has 3 aromatic rings. The van der Waals surface area contributed by atoms with Crippen molar-refractivity contribution in [1.82, 2.24) is 9.78 Å². The van der Waals surface area contributed by atoms with E-state index in [1.165, 1.54) is 4.68 Å². The zero-order chi connectivity index (χ0) is 17.1. The molecule has 0 bridgehead atoms. The van der Waals surface area contributed by atoms with Crippen LogP contribution in [0.3, 0.4) is 0 Å². The lowest BCUT2D eigenvalue weighted by Gasteiger charge is -2.09. The van der Waals surface area contributed by atoms with E-state index >= 15 is 0 Å². The van der Waals surface area contributed by atoms with Crippen LogP contribution in [0.4, 0.5) is 0 Å². The van der Waals surface area contributed by atoms with Gasteiger partial charge in [-0.05, 0) is 30.2 Å². The lowest BCUT2D eigenvalue weighted by Crippen LogP contribution is -2.26. The van der Waals surface area contributed by atoms with E-state index in [1.54, 1.807) is 31.4 Å². The molecular formula is C18H16N2O4. The highest BCUT2D eigenvalue weighted by Crippen LogP contribution is 2.14. The lowest BCUT2D eigenvalue weighted by molar-refractivity contribution is 0.0690. The van der Waals surface area contributed by atoms with Gasteiger partial charge in [-0.1, -0.05) is 30.3 Å². The van der Waals surface area contributed by atoms with Gasteiger partial charge in [-0.25, -0.2) is 9.48 Å². The van der Waals surface area contributed by atoms with Crippen LogP contribution in [-0.2, 0) is 13.0 Å². The molecule has 0 aliphatic heterocycles. The first-order chi connectivity index (χ1) is 11.6. The zero-order valence-corrected chi connectivity index (χ0v) is 13.1. The summed E-state index contributed by atoms with van der Waals surface area (Å²) in [6.07, 6.45) is 0.564. The van der Waals surface area contributed by atoms with E-state index in [0.29, 0.717) is 23.7 Å². The number of methoxy groups -OCH3 is 1. The molecular weight excluding hydrogens is 308 g/mol. The minimum Gasteiger partial charge on any atom is -0.497 e. The van der Waals surface area contributed by atoms with Crippen molar-refractivity contribution in [2.24, 2.45) is 0 Å². The number of rotatable bonds is 5. The largest absolute Gasteiger partial charge is 0.497 e. The number of hydrogen-bond acceptors (Lipinski definition) is 4. The topological polar surface area (TPSA) is 81.4 Å². The van der Waals surface area contributed by atoms with Gasteiger partial charge in [0.15, 0.2) is 5.69 Å². The number of nitrogens with zero attached hydrogens (tertiary/aromatic N) is 2. The molecule has 3 rings (SSSR count). The van der Waals surface area contributed by atoms with Crippen LogP contribution < -0.4 is 10.3 Å². The summed E-state index contributed by atoms with van der Waals surface area (Å²) in [6, 6.07) is 14.1. The maximum absolute atomic E-state index is 12.5. The fraction of sp³-hybridized carbons (Fsp3) is 0.167. The van der Waals surface area contributed by atoms with Gasteiger partial charge in [-0.3, -0.25) is 4.79 Å². The molecule has 0 saturated heterocycles. The number of aryl methyl sites for hydroxylation is 2. The van der Waals surface area contributed by atoms with Crippen molar-refractivity contribution in [3.05, 3.63) is 70.1 Å². The number of carbonyl (C=O) groups is 1. The first kappa shape index (κ1) is 15.7. The van der Waals surface area contributed by atoms with Gasteiger partial charge in [0, 0.05) is 11.9 Å². The van der Waals surface area contributed by atoms with Crippen LogP contribution in [0.1, 0.15) is 16.1 Å². The Labute approximate surface area is 137 Å². The number of aromatic carboxylic acids is 1. The standard InChI is InChI=1S/C18H16N2O4/c1-24-13-8-6-12(7-9-13)10-11-20-17(21)15-5-3-2-4-14(15)16(19-20)18(22)23/h2-9H,10-11H2,1H3,(H,22,23). The summed E-state index contributed by atoms with van der Waals surface area (Å²) < 4.78 is 6.33. The Hall–Kier alpha value is -3.15. The van der Waals surface area contributed by atoms with Gasteiger partial charge < -0.3 is 9.84 Å². The molecule has 0 radical (unpaired) electrons. The van der Waals surface area contributed by atoms with Gasteiger partial charge in [-0.2, -0.15) is 5.10 Å². The number of benzene rings is 2. The van der Waals surface area contributed by atoms with Crippen molar-refractivity contribution >= 4 is 16.7 Å². The molecule has 24 heavy (non-hydrogen) atoms. The summed E-state index contributed by atoms with van der Waals surface area (Å²) in [5.41, 5.74) is 0.610. The highest BCUT2D eigenvalue weighted by atomic mass is 16.5. The van der Waals surface area contributed by atoms with Crippen molar-refractivity contribution in [2.45, 2.75) is 13.0 Å². The molecule has 122 valence electrons. The summed E-state index contributed by atoms with van der Waals surface area (Å²) in [5, 5.41) is 14.1. The van der Waals surface area contributed by atoms with Crippen molar-refractivity contribution < 1.29 is 14.6 Å². The van der Waals surface area contributed by atoms with Crippen LogP contribution >= 0.6 is 0 Å². The van der Waals surface area contributed by atoms with Crippen LogP contribution in [0, 0.1) is 0 Å². The monoisotopic (exact) mass is 324 g/mol. The van der Waals surface area contributed by atoms with Gasteiger partial charge in [-0.15, -0.1) is 0 Å². The third-order valence-electron chi connectivity index (χ3n) is 3.84. The number of ether oxygens (including phenoxy) is 1. The Balaban J connectivity index is 1.95. The quantitative estimate of drug-likeness (QED) is 0.779. The highest BCUT2D eigenvalue weighted by Gasteiger charge is 2.15. The Morgan fingerprint density at radius 3 is 2.42 bits per heavy atom. The maximum Gasteiger partial charge on any atom is 0.357 e. The summed E-state index contributed by atoms with van der Waals surface area (Å²) in [4.78, 5) is 23.9. The first-order valence-corrected chi connectivity index (χ1v) is 7.46. The fourth-order valence-electron chi connectivity index (χ4n) is 2.57. The summed E-state index contributed by atoms with van der Waals surface area (Å²) in [6.45, 7) is 0.302. The van der Waals surface area contributed by atoms with Gasteiger partial charge in [0.25, 0.3) is 5.56 Å². The predicted octanol–water partition coefficient (Wildman–Crippen LogP) is 2.35. The SMILES string of the molecule is COc1ccc(CCn2nc(C(=O)O)c3ccccc3c2=O)cc1. The van der Waals surface area contributed by atoms with Gasteiger partial charge in [0.1, 0.15) is 5.75 Å². The molecule has 0 spiro atoms. The van der Waals surface area contributed by atoms with Crippen molar-refractivity contribution in [2.75, 3.05) is 7.11 Å². The van der Waals surface area contributed by atoms with E-state index in [-0.39, 0.29) is 11.3 Å². The second kappa shape index (κ2) is 6.54. The van der Waals surface area contributed by atoms with Gasteiger partial charge in [0.05, 0.1) is 12.5 Å². The van der Waals surface area contributed by atoms with Crippen molar-refractivity contribution in [3.63, 3.8) is 0 Å². The number of carboxylic acids is 1.